The second-order valence-corrected chi connectivity index (χ2v) is 4.41. The lowest BCUT2D eigenvalue weighted by molar-refractivity contribution is 0.0946. The number of nitrogens with two attached hydrogens (primary N) is 1. The second kappa shape index (κ2) is 6.79. The molecule has 0 bridgehead atoms. The highest BCUT2D eigenvalue weighted by Gasteiger charge is 2.06. The first-order valence-corrected chi connectivity index (χ1v) is 6.35. The van der Waals surface area contributed by atoms with Gasteiger partial charge in [0.2, 0.25) is 0 Å². The topological polar surface area (TPSA) is 88.2 Å². The molecule has 0 radical (unpaired) electrons. The van der Waals surface area contributed by atoms with E-state index in [2.05, 4.69) is 10.3 Å². The molecule has 1 heterocycles. The molecule has 0 spiro atoms. The number of pyridine rings is 1. The van der Waals surface area contributed by atoms with E-state index >= 15 is 0 Å². The van der Waals surface area contributed by atoms with Crippen molar-refractivity contribution in [1.82, 2.24) is 10.3 Å². The summed E-state index contributed by atoms with van der Waals surface area (Å²) >= 11 is 0. The van der Waals surface area contributed by atoms with Crippen LogP contribution in [0.4, 0.5) is 0 Å². The number of rotatable bonds is 5. The quantitative estimate of drug-likeness (QED) is 0.756. The monoisotopic (exact) mass is 271 g/mol. The maximum absolute atomic E-state index is 11.9. The Morgan fingerprint density at radius 1 is 1.10 bits per heavy atom. The summed E-state index contributed by atoms with van der Waals surface area (Å²) in [6.45, 7) is 0.848. The van der Waals surface area contributed by atoms with Gasteiger partial charge in [0.05, 0.1) is 6.61 Å². The third-order valence-electron chi connectivity index (χ3n) is 2.95. The van der Waals surface area contributed by atoms with E-state index in [0.717, 1.165) is 16.7 Å². The van der Waals surface area contributed by atoms with E-state index in [-0.39, 0.29) is 12.5 Å². The zero-order valence-electron chi connectivity index (χ0n) is 11.0. The van der Waals surface area contributed by atoms with E-state index in [0.29, 0.717) is 18.8 Å². The summed E-state index contributed by atoms with van der Waals surface area (Å²) in [6.07, 6.45) is 1.60. The third kappa shape index (κ3) is 3.63. The van der Waals surface area contributed by atoms with Gasteiger partial charge < -0.3 is 16.2 Å². The molecule has 0 aliphatic rings. The smallest absolute Gasteiger partial charge is 0.270 e. The van der Waals surface area contributed by atoms with Gasteiger partial charge in [0.1, 0.15) is 5.69 Å². The van der Waals surface area contributed by atoms with Crippen LogP contribution >= 0.6 is 0 Å². The van der Waals surface area contributed by atoms with Crippen molar-refractivity contribution in [2.75, 3.05) is 0 Å². The van der Waals surface area contributed by atoms with Gasteiger partial charge in [-0.3, -0.25) is 9.78 Å². The molecule has 1 aromatic heterocycles. The highest BCUT2D eigenvalue weighted by molar-refractivity contribution is 5.92. The number of aliphatic hydroxyl groups excluding tert-OH is 1. The van der Waals surface area contributed by atoms with Crippen molar-refractivity contribution in [1.29, 1.82) is 0 Å². The summed E-state index contributed by atoms with van der Waals surface area (Å²) in [4.78, 5) is 16.0. The molecule has 0 saturated heterocycles. The predicted molar refractivity (Wildman–Crippen MR) is 75.7 cm³/mol. The van der Waals surface area contributed by atoms with Gasteiger partial charge in [-0.2, -0.15) is 0 Å². The van der Waals surface area contributed by atoms with Crippen molar-refractivity contribution in [3.8, 4) is 0 Å². The van der Waals surface area contributed by atoms with Gasteiger partial charge in [-0.15, -0.1) is 0 Å². The second-order valence-electron chi connectivity index (χ2n) is 4.41. The van der Waals surface area contributed by atoms with Gasteiger partial charge in [-0.25, -0.2) is 0 Å². The Kier molecular flexibility index (Phi) is 4.81. The van der Waals surface area contributed by atoms with Crippen LogP contribution in [-0.2, 0) is 19.7 Å². The maximum Gasteiger partial charge on any atom is 0.270 e. The number of aliphatic hydroxyl groups is 1. The SMILES string of the molecule is NCc1ccc(C(=O)NCc2ccc(CO)cc2)nc1. The van der Waals surface area contributed by atoms with E-state index in [4.69, 9.17) is 10.8 Å². The molecule has 0 unspecified atom stereocenters. The number of carbonyl (C=O) groups is 1. The highest BCUT2D eigenvalue weighted by Crippen LogP contribution is 2.05. The zero-order valence-corrected chi connectivity index (χ0v) is 11.0. The minimum absolute atomic E-state index is 0.0179. The molecule has 1 amide bonds. The Morgan fingerprint density at radius 2 is 1.75 bits per heavy atom. The summed E-state index contributed by atoms with van der Waals surface area (Å²) in [5.74, 6) is -0.222. The van der Waals surface area contributed by atoms with E-state index in [1.807, 2.05) is 24.3 Å². The minimum Gasteiger partial charge on any atom is -0.392 e. The summed E-state index contributed by atoms with van der Waals surface area (Å²) in [6, 6.07) is 10.9. The van der Waals surface area contributed by atoms with Gasteiger partial charge in [0.15, 0.2) is 0 Å². The third-order valence-corrected chi connectivity index (χ3v) is 2.95. The number of hydrogen-bond acceptors (Lipinski definition) is 4. The van der Waals surface area contributed by atoms with Gasteiger partial charge in [0, 0.05) is 19.3 Å². The average Bonchev–Trinajstić information content (AvgIpc) is 2.53. The van der Waals surface area contributed by atoms with Crippen LogP contribution in [0.1, 0.15) is 27.2 Å². The van der Waals surface area contributed by atoms with Crippen LogP contribution in [0, 0.1) is 0 Å². The first kappa shape index (κ1) is 14.2. The van der Waals surface area contributed by atoms with E-state index in [1.165, 1.54) is 0 Å². The molecule has 2 rings (SSSR count). The Balaban J connectivity index is 1.93. The summed E-state index contributed by atoms with van der Waals surface area (Å²) < 4.78 is 0. The Hall–Kier alpha value is -2.24. The van der Waals surface area contributed by atoms with Gasteiger partial charge in [-0.1, -0.05) is 30.3 Å². The fourth-order valence-corrected chi connectivity index (χ4v) is 1.71. The first-order chi connectivity index (χ1) is 9.72. The molecule has 2 aromatic rings. The predicted octanol–water partition coefficient (Wildman–Crippen LogP) is 0.963. The van der Waals surface area contributed by atoms with Crippen molar-refractivity contribution < 1.29 is 9.90 Å². The Morgan fingerprint density at radius 3 is 2.30 bits per heavy atom. The molecule has 1 aromatic carbocycles. The minimum atomic E-state index is -0.222. The van der Waals surface area contributed by atoms with Crippen molar-refractivity contribution in [2.24, 2.45) is 5.73 Å². The molecular formula is C15H17N3O2. The standard InChI is InChI=1S/C15H17N3O2/c16-7-13-5-6-14(17-9-13)15(20)18-8-11-1-3-12(10-19)4-2-11/h1-6,9,19H,7-8,10,16H2,(H,18,20). The molecule has 104 valence electrons. The van der Waals surface area contributed by atoms with Crippen molar-refractivity contribution >= 4 is 5.91 Å². The highest BCUT2D eigenvalue weighted by atomic mass is 16.3. The Labute approximate surface area is 117 Å². The van der Waals surface area contributed by atoms with Crippen LogP contribution in [0.3, 0.4) is 0 Å². The molecule has 5 nitrogen and oxygen atoms in total. The molecule has 4 N–H and O–H groups in total. The molecule has 0 atom stereocenters. The lowest BCUT2D eigenvalue weighted by Crippen LogP contribution is -2.23. The largest absolute Gasteiger partial charge is 0.392 e. The lowest BCUT2D eigenvalue weighted by Gasteiger charge is -2.06. The van der Waals surface area contributed by atoms with Gasteiger partial charge in [-0.05, 0) is 22.8 Å². The van der Waals surface area contributed by atoms with Gasteiger partial charge in [0.25, 0.3) is 5.91 Å². The van der Waals surface area contributed by atoms with Crippen molar-refractivity contribution in [3.05, 3.63) is 65.0 Å². The number of carbonyl (C=O) groups excluding carboxylic acids is 1. The molecule has 20 heavy (non-hydrogen) atoms. The van der Waals surface area contributed by atoms with Crippen LogP contribution < -0.4 is 11.1 Å². The lowest BCUT2D eigenvalue weighted by atomic mass is 10.1. The number of amides is 1. The number of benzene rings is 1. The number of nitrogens with one attached hydrogen (secondary N) is 1. The number of hydrogen-bond donors (Lipinski definition) is 3. The van der Waals surface area contributed by atoms with Crippen LogP contribution in [0.25, 0.3) is 0 Å². The molecule has 0 fully saturated rings. The van der Waals surface area contributed by atoms with Gasteiger partial charge >= 0.3 is 0 Å². The van der Waals surface area contributed by atoms with Crippen LogP contribution in [0.2, 0.25) is 0 Å². The normalized spacial score (nSPS) is 10.3. The maximum atomic E-state index is 11.9. The van der Waals surface area contributed by atoms with Crippen LogP contribution in [0.15, 0.2) is 42.6 Å². The fourth-order valence-electron chi connectivity index (χ4n) is 1.71. The summed E-state index contributed by atoms with van der Waals surface area (Å²) in [7, 11) is 0. The van der Waals surface area contributed by atoms with Crippen LogP contribution in [-0.4, -0.2) is 16.0 Å². The summed E-state index contributed by atoms with van der Waals surface area (Å²) in [5.41, 5.74) is 8.55. The van der Waals surface area contributed by atoms with Crippen LogP contribution in [0.5, 0.6) is 0 Å². The van der Waals surface area contributed by atoms with Crippen molar-refractivity contribution in [2.45, 2.75) is 19.7 Å². The molecule has 0 aliphatic heterocycles. The Bertz CT molecular complexity index is 565. The van der Waals surface area contributed by atoms with E-state index < -0.39 is 0 Å². The molecule has 0 aliphatic carbocycles. The molecule has 5 heteroatoms. The molecule has 0 saturated carbocycles. The number of aromatic nitrogens is 1. The average molecular weight is 271 g/mol. The van der Waals surface area contributed by atoms with Crippen molar-refractivity contribution in [3.63, 3.8) is 0 Å². The molecular weight excluding hydrogens is 254 g/mol. The first-order valence-electron chi connectivity index (χ1n) is 6.35. The number of nitrogens with zero attached hydrogens (tertiary/aromatic N) is 1. The summed E-state index contributed by atoms with van der Waals surface area (Å²) in [5, 5.41) is 11.7. The fraction of sp³-hybridized carbons (Fsp3) is 0.200. The van der Waals surface area contributed by atoms with E-state index in [1.54, 1.807) is 18.3 Å². The zero-order chi connectivity index (χ0) is 14.4. The van der Waals surface area contributed by atoms with E-state index in [9.17, 15) is 4.79 Å².